The van der Waals surface area contributed by atoms with E-state index in [-0.39, 0.29) is 17.4 Å². The Bertz CT molecular complexity index is 988. The molecular formula is C25H27NO5. The fourth-order valence-electron chi connectivity index (χ4n) is 4.26. The van der Waals surface area contributed by atoms with E-state index in [4.69, 9.17) is 9.47 Å². The van der Waals surface area contributed by atoms with Crippen molar-refractivity contribution in [1.29, 1.82) is 0 Å². The Morgan fingerprint density at radius 1 is 1.13 bits per heavy atom. The molecule has 2 unspecified atom stereocenters. The molecule has 0 aliphatic carbocycles. The van der Waals surface area contributed by atoms with Crippen LogP contribution in [-0.2, 0) is 20.7 Å². The molecule has 2 atom stereocenters. The number of methoxy groups -OCH3 is 1. The van der Waals surface area contributed by atoms with Crippen LogP contribution in [-0.4, -0.2) is 48.1 Å². The van der Waals surface area contributed by atoms with E-state index in [1.165, 1.54) is 0 Å². The van der Waals surface area contributed by atoms with Gasteiger partial charge in [0.15, 0.2) is 0 Å². The summed E-state index contributed by atoms with van der Waals surface area (Å²) in [6, 6.07) is 14.0. The van der Waals surface area contributed by atoms with Crippen LogP contribution < -0.4 is 4.74 Å². The third kappa shape index (κ3) is 4.08. The molecule has 0 saturated carbocycles. The van der Waals surface area contributed by atoms with Gasteiger partial charge in [0, 0.05) is 18.7 Å². The van der Waals surface area contributed by atoms with Gasteiger partial charge in [0.2, 0.25) is 0 Å². The van der Waals surface area contributed by atoms with Crippen LogP contribution in [0, 0.1) is 0 Å². The molecule has 2 aromatic rings. The highest BCUT2D eigenvalue weighted by molar-refractivity contribution is 6.46. The smallest absolute Gasteiger partial charge is 0.295 e. The molecule has 1 N–H and O–H groups in total. The van der Waals surface area contributed by atoms with Gasteiger partial charge in [0.25, 0.3) is 11.7 Å². The molecule has 6 heteroatoms. The summed E-state index contributed by atoms with van der Waals surface area (Å²) in [7, 11) is 1.56. The second-order valence-electron chi connectivity index (χ2n) is 7.91. The fourth-order valence-corrected chi connectivity index (χ4v) is 4.26. The largest absolute Gasteiger partial charge is 0.507 e. The molecule has 0 radical (unpaired) electrons. The standard InChI is InChI=1S/C25H27NO5/c1-3-16-6-8-17(9-7-16)22-21(23(27)18-10-12-19(30-2)13-11-18)24(28)25(29)26(22)15-20-5-4-14-31-20/h6-13,20,22,27H,3-5,14-15H2,1-2H3. The van der Waals surface area contributed by atoms with Crippen LogP contribution in [0.3, 0.4) is 0 Å². The Labute approximate surface area is 182 Å². The van der Waals surface area contributed by atoms with Crippen molar-refractivity contribution in [2.24, 2.45) is 0 Å². The quantitative estimate of drug-likeness (QED) is 0.436. The first kappa shape index (κ1) is 21.1. The number of hydrogen-bond acceptors (Lipinski definition) is 5. The van der Waals surface area contributed by atoms with Crippen molar-refractivity contribution < 1.29 is 24.2 Å². The number of ketones is 1. The number of amides is 1. The average molecular weight is 421 g/mol. The molecule has 0 bridgehead atoms. The Morgan fingerprint density at radius 2 is 1.84 bits per heavy atom. The number of carbonyl (C=O) groups is 2. The molecule has 2 aliphatic rings. The van der Waals surface area contributed by atoms with E-state index in [1.54, 1.807) is 36.3 Å². The number of aliphatic hydroxyl groups is 1. The van der Waals surface area contributed by atoms with Crippen molar-refractivity contribution in [2.75, 3.05) is 20.3 Å². The van der Waals surface area contributed by atoms with Crippen molar-refractivity contribution in [3.8, 4) is 5.75 Å². The second-order valence-corrected chi connectivity index (χ2v) is 7.91. The summed E-state index contributed by atoms with van der Waals surface area (Å²) in [4.78, 5) is 27.6. The number of hydrogen-bond donors (Lipinski definition) is 1. The lowest BCUT2D eigenvalue weighted by atomic mass is 9.94. The molecule has 2 heterocycles. The first-order valence-electron chi connectivity index (χ1n) is 10.7. The van der Waals surface area contributed by atoms with Crippen LogP contribution >= 0.6 is 0 Å². The van der Waals surface area contributed by atoms with Crippen LogP contribution in [0.4, 0.5) is 0 Å². The number of carbonyl (C=O) groups excluding carboxylic acids is 2. The zero-order chi connectivity index (χ0) is 22.0. The van der Waals surface area contributed by atoms with Gasteiger partial charge in [-0.15, -0.1) is 0 Å². The molecule has 2 aromatic carbocycles. The summed E-state index contributed by atoms with van der Waals surface area (Å²) in [5, 5.41) is 11.1. The van der Waals surface area contributed by atoms with Crippen molar-refractivity contribution in [3.05, 3.63) is 70.8 Å². The Balaban J connectivity index is 1.79. The van der Waals surface area contributed by atoms with E-state index in [2.05, 4.69) is 6.92 Å². The third-order valence-electron chi connectivity index (χ3n) is 6.03. The molecule has 6 nitrogen and oxygen atoms in total. The topological polar surface area (TPSA) is 76.1 Å². The summed E-state index contributed by atoms with van der Waals surface area (Å²) in [5.41, 5.74) is 2.53. The summed E-state index contributed by atoms with van der Waals surface area (Å²) >= 11 is 0. The molecule has 4 rings (SSSR count). The van der Waals surface area contributed by atoms with Gasteiger partial charge in [0.1, 0.15) is 11.5 Å². The zero-order valence-corrected chi connectivity index (χ0v) is 17.8. The molecule has 31 heavy (non-hydrogen) atoms. The third-order valence-corrected chi connectivity index (χ3v) is 6.03. The maximum Gasteiger partial charge on any atom is 0.295 e. The average Bonchev–Trinajstić information content (AvgIpc) is 3.41. The lowest BCUT2D eigenvalue weighted by Gasteiger charge is -2.27. The summed E-state index contributed by atoms with van der Waals surface area (Å²) < 4.78 is 10.9. The highest BCUT2D eigenvalue weighted by Gasteiger charge is 2.47. The molecular weight excluding hydrogens is 394 g/mol. The van der Waals surface area contributed by atoms with E-state index in [9.17, 15) is 14.7 Å². The van der Waals surface area contributed by atoms with E-state index in [0.29, 0.717) is 24.5 Å². The molecule has 162 valence electrons. The minimum atomic E-state index is -0.670. The molecule has 2 fully saturated rings. The van der Waals surface area contributed by atoms with Gasteiger partial charge >= 0.3 is 0 Å². The van der Waals surface area contributed by atoms with Crippen LogP contribution in [0.2, 0.25) is 0 Å². The predicted octanol–water partition coefficient (Wildman–Crippen LogP) is 3.86. The molecule has 0 spiro atoms. The Kier molecular flexibility index (Phi) is 6.09. The monoisotopic (exact) mass is 421 g/mol. The minimum absolute atomic E-state index is 0.100. The number of nitrogens with zero attached hydrogens (tertiary/aromatic N) is 1. The molecule has 1 amide bonds. The van der Waals surface area contributed by atoms with Crippen molar-refractivity contribution >= 4 is 17.4 Å². The van der Waals surface area contributed by atoms with E-state index in [1.807, 2.05) is 24.3 Å². The van der Waals surface area contributed by atoms with Gasteiger partial charge in [-0.2, -0.15) is 0 Å². The number of benzene rings is 2. The lowest BCUT2D eigenvalue weighted by Crippen LogP contribution is -2.36. The van der Waals surface area contributed by atoms with Crippen molar-refractivity contribution in [3.63, 3.8) is 0 Å². The first-order chi connectivity index (χ1) is 15.0. The van der Waals surface area contributed by atoms with Gasteiger partial charge < -0.3 is 19.5 Å². The Morgan fingerprint density at radius 3 is 2.42 bits per heavy atom. The minimum Gasteiger partial charge on any atom is -0.507 e. The maximum absolute atomic E-state index is 13.1. The van der Waals surface area contributed by atoms with Gasteiger partial charge in [-0.05, 0) is 54.7 Å². The number of aliphatic hydroxyl groups excluding tert-OH is 1. The normalized spacial score (nSPS) is 22.8. The van der Waals surface area contributed by atoms with Crippen LogP contribution in [0.25, 0.3) is 5.76 Å². The van der Waals surface area contributed by atoms with Crippen LogP contribution in [0.5, 0.6) is 5.75 Å². The molecule has 2 saturated heterocycles. The lowest BCUT2D eigenvalue weighted by molar-refractivity contribution is -0.140. The zero-order valence-electron chi connectivity index (χ0n) is 17.8. The fraction of sp³-hybridized carbons (Fsp3) is 0.360. The van der Waals surface area contributed by atoms with Gasteiger partial charge in [0.05, 0.1) is 24.8 Å². The van der Waals surface area contributed by atoms with E-state index < -0.39 is 17.7 Å². The van der Waals surface area contributed by atoms with Crippen molar-refractivity contribution in [1.82, 2.24) is 4.90 Å². The van der Waals surface area contributed by atoms with E-state index >= 15 is 0 Å². The summed E-state index contributed by atoms with van der Waals surface area (Å²) in [6.07, 6.45) is 2.58. The number of Topliss-reactive ketones (excluding diaryl/α,β-unsaturated/α-hetero) is 1. The van der Waals surface area contributed by atoms with Gasteiger partial charge in [-0.3, -0.25) is 9.59 Å². The highest BCUT2D eigenvalue weighted by Crippen LogP contribution is 2.40. The number of ether oxygens (including phenoxy) is 2. The number of aryl methyl sites for hydroxylation is 1. The van der Waals surface area contributed by atoms with Gasteiger partial charge in [-0.25, -0.2) is 0 Å². The first-order valence-corrected chi connectivity index (χ1v) is 10.7. The predicted molar refractivity (Wildman–Crippen MR) is 117 cm³/mol. The maximum atomic E-state index is 13.1. The van der Waals surface area contributed by atoms with E-state index in [0.717, 1.165) is 30.4 Å². The molecule has 2 aliphatic heterocycles. The summed E-state index contributed by atoms with van der Waals surface area (Å²) in [5.74, 6) is -0.812. The van der Waals surface area contributed by atoms with Crippen LogP contribution in [0.15, 0.2) is 54.1 Å². The summed E-state index contributed by atoms with van der Waals surface area (Å²) in [6.45, 7) is 3.06. The molecule has 0 aromatic heterocycles. The van der Waals surface area contributed by atoms with Crippen LogP contribution in [0.1, 0.15) is 42.5 Å². The SMILES string of the molecule is CCc1ccc(C2C(=C(O)c3ccc(OC)cc3)C(=O)C(=O)N2CC2CCCO2)cc1. The second kappa shape index (κ2) is 8.94. The highest BCUT2D eigenvalue weighted by atomic mass is 16.5. The van der Waals surface area contributed by atoms with Crippen molar-refractivity contribution in [2.45, 2.75) is 38.3 Å². The Hall–Kier alpha value is -3.12. The number of likely N-dealkylation sites (tertiary alicyclic amines) is 1. The number of rotatable bonds is 6. The van der Waals surface area contributed by atoms with Gasteiger partial charge in [-0.1, -0.05) is 31.2 Å².